The third-order valence-corrected chi connectivity index (χ3v) is 5.68. The van der Waals surface area contributed by atoms with Gasteiger partial charge >= 0.3 is 0 Å². The van der Waals surface area contributed by atoms with Gasteiger partial charge in [0.1, 0.15) is 16.9 Å². The molecule has 0 saturated heterocycles. The highest BCUT2D eigenvalue weighted by molar-refractivity contribution is 6.08. The van der Waals surface area contributed by atoms with Crippen LogP contribution in [-0.4, -0.2) is 44.0 Å². The van der Waals surface area contributed by atoms with Gasteiger partial charge in [-0.15, -0.1) is 0 Å². The smallest absolute Gasteiger partial charge is 0.238 e. The number of likely N-dealkylation sites (N-methyl/N-ethyl adjacent to an activating group) is 1. The van der Waals surface area contributed by atoms with E-state index in [2.05, 4.69) is 10.6 Å². The lowest BCUT2D eigenvalue weighted by atomic mass is 10.1. The summed E-state index contributed by atoms with van der Waals surface area (Å²) < 4.78 is 11.4. The van der Waals surface area contributed by atoms with E-state index in [1.54, 1.807) is 25.1 Å². The number of benzene rings is 3. The lowest BCUT2D eigenvalue weighted by Gasteiger charge is -2.17. The molecule has 2 N–H and O–H groups in total. The van der Waals surface area contributed by atoms with Gasteiger partial charge in [0.05, 0.1) is 25.9 Å². The molecule has 0 radical (unpaired) electrons. The lowest BCUT2D eigenvalue weighted by molar-refractivity contribution is -0.119. The van der Waals surface area contributed by atoms with Crippen LogP contribution in [0.4, 0.5) is 11.4 Å². The molecule has 0 bridgehead atoms. The van der Waals surface area contributed by atoms with Crippen LogP contribution in [-0.2, 0) is 9.59 Å². The maximum Gasteiger partial charge on any atom is 0.238 e. The minimum atomic E-state index is -0.259. The maximum absolute atomic E-state index is 12.7. The van der Waals surface area contributed by atoms with Gasteiger partial charge in [-0.1, -0.05) is 30.3 Å². The number of rotatable bonds is 7. The standard InChI is InChI=1S/C26H27N3O4/c1-16-8-7-10-20(17(16)2)27-25(30)14-29(3)15-26(31)28-21-13-23-19(12-24(21)32-4)18-9-5-6-11-22(18)33-23/h5-13H,14-15H2,1-4H3,(H,27,30)(H,28,31). The number of aryl methyl sites for hydroxylation is 1. The van der Waals surface area contributed by atoms with Crippen LogP contribution in [0.1, 0.15) is 11.1 Å². The summed E-state index contributed by atoms with van der Waals surface area (Å²) in [5.74, 6) is 0.101. The van der Waals surface area contributed by atoms with E-state index < -0.39 is 0 Å². The van der Waals surface area contributed by atoms with Gasteiger partial charge in [-0.25, -0.2) is 0 Å². The van der Waals surface area contributed by atoms with Crippen LogP contribution in [0.2, 0.25) is 0 Å². The second-order valence-corrected chi connectivity index (χ2v) is 8.16. The monoisotopic (exact) mass is 445 g/mol. The summed E-state index contributed by atoms with van der Waals surface area (Å²) in [5, 5.41) is 7.68. The molecule has 2 amide bonds. The normalized spacial score (nSPS) is 11.2. The number of hydrogen-bond donors (Lipinski definition) is 2. The Balaban J connectivity index is 1.42. The number of nitrogens with one attached hydrogen (secondary N) is 2. The molecule has 170 valence electrons. The highest BCUT2D eigenvalue weighted by Gasteiger charge is 2.16. The fraction of sp³-hybridized carbons (Fsp3) is 0.231. The Morgan fingerprint density at radius 1 is 0.879 bits per heavy atom. The Kier molecular flexibility index (Phi) is 6.33. The van der Waals surface area contributed by atoms with Crippen LogP contribution < -0.4 is 15.4 Å². The number of ether oxygens (including phenoxy) is 1. The Morgan fingerprint density at radius 3 is 2.30 bits per heavy atom. The highest BCUT2D eigenvalue weighted by Crippen LogP contribution is 2.36. The molecule has 3 aromatic carbocycles. The van der Waals surface area contributed by atoms with E-state index >= 15 is 0 Å². The second-order valence-electron chi connectivity index (χ2n) is 8.16. The minimum absolute atomic E-state index is 0.0432. The van der Waals surface area contributed by atoms with E-state index in [4.69, 9.17) is 9.15 Å². The summed E-state index contributed by atoms with van der Waals surface area (Å²) in [5.41, 5.74) is 4.86. The second kappa shape index (κ2) is 9.34. The van der Waals surface area contributed by atoms with Crippen LogP contribution >= 0.6 is 0 Å². The van der Waals surface area contributed by atoms with Crippen molar-refractivity contribution < 1.29 is 18.7 Å². The van der Waals surface area contributed by atoms with Crippen molar-refractivity contribution in [2.24, 2.45) is 0 Å². The first kappa shape index (κ1) is 22.4. The van der Waals surface area contributed by atoms with Gasteiger partial charge in [-0.05, 0) is 50.2 Å². The fourth-order valence-corrected chi connectivity index (χ4v) is 3.83. The van der Waals surface area contributed by atoms with Crippen molar-refractivity contribution >= 4 is 45.1 Å². The molecule has 33 heavy (non-hydrogen) atoms. The molecule has 7 nitrogen and oxygen atoms in total. The molecule has 1 heterocycles. The zero-order chi connectivity index (χ0) is 23.5. The van der Waals surface area contributed by atoms with E-state index in [0.717, 1.165) is 33.2 Å². The molecular weight excluding hydrogens is 418 g/mol. The van der Waals surface area contributed by atoms with Crippen molar-refractivity contribution in [2.75, 3.05) is 37.9 Å². The number of nitrogens with zero attached hydrogens (tertiary/aromatic N) is 1. The van der Waals surface area contributed by atoms with Gasteiger partial charge in [0.25, 0.3) is 0 Å². The van der Waals surface area contributed by atoms with Crippen LogP contribution in [0.15, 0.2) is 59.0 Å². The number of fused-ring (bicyclic) bond motifs is 3. The summed E-state index contributed by atoms with van der Waals surface area (Å²) >= 11 is 0. The van der Waals surface area contributed by atoms with Crippen molar-refractivity contribution in [3.05, 3.63) is 65.7 Å². The van der Waals surface area contributed by atoms with Crippen molar-refractivity contribution in [2.45, 2.75) is 13.8 Å². The fourth-order valence-electron chi connectivity index (χ4n) is 3.83. The van der Waals surface area contributed by atoms with Crippen LogP contribution in [0, 0.1) is 13.8 Å². The van der Waals surface area contributed by atoms with Crippen molar-refractivity contribution in [3.63, 3.8) is 0 Å². The molecule has 0 atom stereocenters. The third kappa shape index (κ3) is 4.83. The quantitative estimate of drug-likeness (QED) is 0.430. The average molecular weight is 446 g/mol. The van der Waals surface area contributed by atoms with Gasteiger partial charge < -0.3 is 19.8 Å². The first-order chi connectivity index (χ1) is 15.9. The SMILES string of the molecule is COc1cc2c(cc1NC(=O)CN(C)CC(=O)Nc1cccc(C)c1C)oc1ccccc12. The number of anilines is 2. The van der Waals surface area contributed by atoms with Gasteiger partial charge in [-0.2, -0.15) is 0 Å². The van der Waals surface area contributed by atoms with E-state index in [1.807, 2.05) is 62.4 Å². The minimum Gasteiger partial charge on any atom is -0.495 e. The van der Waals surface area contributed by atoms with Gasteiger partial charge in [0, 0.05) is 22.5 Å². The number of furan rings is 1. The molecule has 0 aliphatic carbocycles. The number of amides is 2. The van der Waals surface area contributed by atoms with E-state index in [9.17, 15) is 9.59 Å². The Morgan fingerprint density at radius 2 is 1.58 bits per heavy atom. The van der Waals surface area contributed by atoms with E-state index in [1.165, 1.54) is 0 Å². The van der Waals surface area contributed by atoms with Crippen LogP contribution in [0.25, 0.3) is 21.9 Å². The van der Waals surface area contributed by atoms with Gasteiger partial charge in [0.15, 0.2) is 0 Å². The topological polar surface area (TPSA) is 83.8 Å². The van der Waals surface area contributed by atoms with E-state index in [-0.39, 0.29) is 24.9 Å². The summed E-state index contributed by atoms with van der Waals surface area (Å²) in [7, 11) is 3.28. The first-order valence-corrected chi connectivity index (χ1v) is 10.7. The van der Waals surface area contributed by atoms with Crippen molar-refractivity contribution in [3.8, 4) is 5.75 Å². The largest absolute Gasteiger partial charge is 0.495 e. The summed E-state index contributed by atoms with van der Waals surface area (Å²) in [6.45, 7) is 4.09. The van der Waals surface area contributed by atoms with Crippen LogP contribution in [0.5, 0.6) is 5.75 Å². The highest BCUT2D eigenvalue weighted by atomic mass is 16.5. The molecule has 1 aromatic heterocycles. The predicted octanol–water partition coefficient (Wildman–Crippen LogP) is 4.72. The van der Waals surface area contributed by atoms with Crippen molar-refractivity contribution in [1.82, 2.24) is 4.90 Å². The number of methoxy groups -OCH3 is 1. The molecule has 0 unspecified atom stereocenters. The zero-order valence-corrected chi connectivity index (χ0v) is 19.2. The Labute approximate surface area is 192 Å². The molecular formula is C26H27N3O4. The number of hydrogen-bond acceptors (Lipinski definition) is 5. The third-order valence-electron chi connectivity index (χ3n) is 5.68. The molecule has 0 fully saturated rings. The molecule has 0 spiro atoms. The maximum atomic E-state index is 12.7. The average Bonchev–Trinajstić information content (AvgIpc) is 3.13. The molecule has 4 aromatic rings. The molecule has 0 saturated carbocycles. The lowest BCUT2D eigenvalue weighted by Crippen LogP contribution is -2.36. The van der Waals surface area contributed by atoms with Crippen molar-refractivity contribution in [1.29, 1.82) is 0 Å². The number of carbonyl (C=O) groups is 2. The molecule has 0 aliphatic heterocycles. The number of carbonyl (C=O) groups excluding carboxylic acids is 2. The van der Waals surface area contributed by atoms with Crippen LogP contribution in [0.3, 0.4) is 0 Å². The Hall–Kier alpha value is -3.84. The summed E-state index contributed by atoms with van der Waals surface area (Å²) in [6, 6.07) is 17.1. The molecule has 4 rings (SSSR count). The number of para-hydroxylation sites is 1. The Bertz CT molecular complexity index is 1340. The summed E-state index contributed by atoms with van der Waals surface area (Å²) in [6.07, 6.45) is 0. The van der Waals surface area contributed by atoms with E-state index in [0.29, 0.717) is 17.0 Å². The first-order valence-electron chi connectivity index (χ1n) is 10.7. The molecule has 0 aliphatic rings. The van der Waals surface area contributed by atoms with Gasteiger partial charge in [0.2, 0.25) is 11.8 Å². The predicted molar refractivity (Wildman–Crippen MR) is 131 cm³/mol. The molecule has 7 heteroatoms. The van der Waals surface area contributed by atoms with Gasteiger partial charge in [-0.3, -0.25) is 14.5 Å². The summed E-state index contributed by atoms with van der Waals surface area (Å²) in [4.78, 5) is 26.8. The zero-order valence-electron chi connectivity index (χ0n) is 19.2.